The van der Waals surface area contributed by atoms with E-state index >= 15 is 0 Å². The molecule has 2 aromatic rings. The Hall–Kier alpha value is -2.44. The van der Waals surface area contributed by atoms with E-state index < -0.39 is 0 Å². The molecule has 2 N–H and O–H groups in total. The van der Waals surface area contributed by atoms with Gasteiger partial charge in [-0.1, -0.05) is 36.4 Å². The zero-order chi connectivity index (χ0) is 14.8. The summed E-state index contributed by atoms with van der Waals surface area (Å²) in [4.78, 5) is 0. The van der Waals surface area contributed by atoms with Crippen molar-refractivity contribution in [3.8, 4) is 5.75 Å². The van der Waals surface area contributed by atoms with Gasteiger partial charge in [0.25, 0.3) is 0 Å². The summed E-state index contributed by atoms with van der Waals surface area (Å²) in [5, 5.41) is 0. The fraction of sp³-hybridized carbons (Fsp3) is 0.167. The van der Waals surface area contributed by atoms with E-state index in [0.717, 1.165) is 17.9 Å². The van der Waals surface area contributed by atoms with Crippen LogP contribution in [0.2, 0.25) is 0 Å². The van der Waals surface area contributed by atoms with Gasteiger partial charge in [-0.3, -0.25) is 0 Å². The number of rotatable bonds is 3. The minimum absolute atomic E-state index is 0.760. The van der Waals surface area contributed by atoms with Crippen molar-refractivity contribution >= 4 is 5.69 Å². The topological polar surface area (TPSA) is 35.2 Å². The van der Waals surface area contributed by atoms with E-state index in [9.17, 15) is 0 Å². The Balaban J connectivity index is 0.000000204. The summed E-state index contributed by atoms with van der Waals surface area (Å²) in [5.74, 6) is 0.837. The fourth-order valence-corrected chi connectivity index (χ4v) is 1.52. The molecule has 0 aliphatic heterocycles. The van der Waals surface area contributed by atoms with E-state index in [1.807, 2.05) is 18.2 Å². The second-order valence-corrected chi connectivity index (χ2v) is 4.37. The monoisotopic (exact) mass is 267 g/mol. The Kier molecular flexibility index (Phi) is 6.74. The SMILES string of the molecule is C=C=CCc1ccc(C)cc1.COc1ccc(N)cc1. The molecule has 0 atom stereocenters. The number of ether oxygens (including phenoxy) is 1. The van der Waals surface area contributed by atoms with Crippen molar-refractivity contribution < 1.29 is 4.74 Å². The van der Waals surface area contributed by atoms with Gasteiger partial charge in [-0.2, -0.15) is 0 Å². The first-order valence-electron chi connectivity index (χ1n) is 6.45. The van der Waals surface area contributed by atoms with Crippen LogP contribution in [-0.4, -0.2) is 7.11 Å². The van der Waals surface area contributed by atoms with Gasteiger partial charge < -0.3 is 10.5 Å². The maximum absolute atomic E-state index is 5.43. The highest BCUT2D eigenvalue weighted by Gasteiger charge is 1.87. The second kappa shape index (κ2) is 8.63. The first-order chi connectivity index (χ1) is 9.65. The molecule has 0 bridgehead atoms. The molecular formula is C18H21NO. The number of methoxy groups -OCH3 is 1. The van der Waals surface area contributed by atoms with E-state index in [-0.39, 0.29) is 0 Å². The third kappa shape index (κ3) is 5.94. The molecule has 2 aromatic carbocycles. The summed E-state index contributed by atoms with van der Waals surface area (Å²) in [7, 11) is 1.63. The number of aryl methyl sites for hydroxylation is 1. The first-order valence-corrected chi connectivity index (χ1v) is 6.45. The number of nitrogen functional groups attached to an aromatic ring is 1. The van der Waals surface area contributed by atoms with E-state index in [2.05, 4.69) is 43.5 Å². The Morgan fingerprint density at radius 3 is 2.20 bits per heavy atom. The molecule has 2 rings (SSSR count). The van der Waals surface area contributed by atoms with E-state index in [1.54, 1.807) is 19.2 Å². The molecule has 2 heteroatoms. The van der Waals surface area contributed by atoms with Crippen molar-refractivity contribution in [2.45, 2.75) is 13.3 Å². The standard InChI is InChI=1S/C11H12.C7H9NO/c1-3-4-5-11-8-6-10(2)7-9-11;1-9-7-4-2-6(8)3-5-7/h4,6-9H,1,5H2,2H3;2-5H,8H2,1H3. The molecule has 0 fully saturated rings. The summed E-state index contributed by atoms with van der Waals surface area (Å²) >= 11 is 0. The van der Waals surface area contributed by atoms with Crippen molar-refractivity contribution in [2.24, 2.45) is 0 Å². The smallest absolute Gasteiger partial charge is 0.119 e. The van der Waals surface area contributed by atoms with Gasteiger partial charge in [0.05, 0.1) is 7.11 Å². The lowest BCUT2D eigenvalue weighted by Gasteiger charge is -1.97. The predicted molar refractivity (Wildman–Crippen MR) is 86.0 cm³/mol. The van der Waals surface area contributed by atoms with Gasteiger partial charge >= 0.3 is 0 Å². The largest absolute Gasteiger partial charge is 0.497 e. The van der Waals surface area contributed by atoms with Crippen molar-refractivity contribution in [3.05, 3.63) is 78.0 Å². The second-order valence-electron chi connectivity index (χ2n) is 4.37. The normalized spacial score (nSPS) is 8.90. The molecule has 0 spiro atoms. The van der Waals surface area contributed by atoms with Crippen LogP contribution in [0.1, 0.15) is 11.1 Å². The van der Waals surface area contributed by atoms with Gasteiger partial charge in [-0.15, -0.1) is 5.73 Å². The van der Waals surface area contributed by atoms with Gasteiger partial charge in [-0.25, -0.2) is 0 Å². The Bertz CT molecular complexity index is 549. The molecule has 0 aliphatic carbocycles. The molecule has 0 amide bonds. The van der Waals surface area contributed by atoms with Crippen LogP contribution in [0.5, 0.6) is 5.75 Å². The van der Waals surface area contributed by atoms with Crippen LogP contribution in [0.4, 0.5) is 5.69 Å². The van der Waals surface area contributed by atoms with Crippen molar-refractivity contribution in [1.82, 2.24) is 0 Å². The quantitative estimate of drug-likeness (QED) is 0.669. The molecule has 0 saturated heterocycles. The number of hydrogen-bond acceptors (Lipinski definition) is 2. The number of anilines is 1. The zero-order valence-corrected chi connectivity index (χ0v) is 12.1. The maximum atomic E-state index is 5.43. The minimum Gasteiger partial charge on any atom is -0.497 e. The van der Waals surface area contributed by atoms with Crippen LogP contribution in [0.15, 0.2) is 66.9 Å². The lowest BCUT2D eigenvalue weighted by Crippen LogP contribution is -1.84. The average molecular weight is 267 g/mol. The molecule has 0 aromatic heterocycles. The predicted octanol–water partition coefficient (Wildman–Crippen LogP) is 4.16. The summed E-state index contributed by atoms with van der Waals surface area (Å²) in [6.07, 6.45) is 2.87. The third-order valence-electron chi connectivity index (χ3n) is 2.72. The van der Waals surface area contributed by atoms with Crippen LogP contribution in [0.25, 0.3) is 0 Å². The maximum Gasteiger partial charge on any atom is 0.119 e. The summed E-state index contributed by atoms with van der Waals surface area (Å²) in [5.41, 5.74) is 11.6. The molecule has 0 radical (unpaired) electrons. The molecule has 0 saturated carbocycles. The van der Waals surface area contributed by atoms with Gasteiger partial charge in [0.2, 0.25) is 0 Å². The van der Waals surface area contributed by atoms with Gasteiger partial charge in [-0.05, 0) is 49.2 Å². The number of hydrogen-bond donors (Lipinski definition) is 1. The van der Waals surface area contributed by atoms with Crippen LogP contribution in [0.3, 0.4) is 0 Å². The highest BCUT2D eigenvalue weighted by Crippen LogP contribution is 2.11. The third-order valence-corrected chi connectivity index (χ3v) is 2.72. The molecule has 0 unspecified atom stereocenters. The zero-order valence-electron chi connectivity index (χ0n) is 12.1. The van der Waals surface area contributed by atoms with Gasteiger partial charge in [0.15, 0.2) is 0 Å². The lowest BCUT2D eigenvalue weighted by atomic mass is 10.1. The average Bonchev–Trinajstić information content (AvgIpc) is 2.48. The summed E-state index contributed by atoms with van der Waals surface area (Å²) in [6, 6.07) is 15.8. The van der Waals surface area contributed by atoms with Crippen LogP contribution < -0.4 is 10.5 Å². The molecule has 0 heterocycles. The molecular weight excluding hydrogens is 246 g/mol. The van der Waals surface area contributed by atoms with Crippen molar-refractivity contribution in [2.75, 3.05) is 12.8 Å². The lowest BCUT2D eigenvalue weighted by molar-refractivity contribution is 0.415. The molecule has 104 valence electrons. The molecule has 20 heavy (non-hydrogen) atoms. The summed E-state index contributed by atoms with van der Waals surface area (Å²) in [6.45, 7) is 5.60. The van der Waals surface area contributed by atoms with Crippen LogP contribution in [-0.2, 0) is 6.42 Å². The minimum atomic E-state index is 0.760. The molecule has 2 nitrogen and oxygen atoms in total. The number of nitrogens with two attached hydrogens (primary N) is 1. The number of benzene rings is 2. The number of allylic oxidation sites excluding steroid dienone is 1. The Morgan fingerprint density at radius 1 is 1.10 bits per heavy atom. The van der Waals surface area contributed by atoms with Crippen LogP contribution >= 0.6 is 0 Å². The van der Waals surface area contributed by atoms with E-state index in [1.165, 1.54) is 11.1 Å². The highest BCUT2D eigenvalue weighted by molar-refractivity contribution is 5.41. The van der Waals surface area contributed by atoms with Gasteiger partial charge in [0.1, 0.15) is 5.75 Å². The van der Waals surface area contributed by atoms with Gasteiger partial charge in [0, 0.05) is 5.69 Å². The van der Waals surface area contributed by atoms with E-state index in [4.69, 9.17) is 10.5 Å². The summed E-state index contributed by atoms with van der Waals surface area (Å²) < 4.78 is 4.91. The Labute approximate surface area is 121 Å². The van der Waals surface area contributed by atoms with Crippen molar-refractivity contribution in [1.29, 1.82) is 0 Å². The first kappa shape index (κ1) is 15.6. The molecule has 0 aliphatic rings. The fourth-order valence-electron chi connectivity index (χ4n) is 1.52. The van der Waals surface area contributed by atoms with E-state index in [0.29, 0.717) is 0 Å². The van der Waals surface area contributed by atoms with Crippen molar-refractivity contribution in [3.63, 3.8) is 0 Å². The highest BCUT2D eigenvalue weighted by atomic mass is 16.5. The van der Waals surface area contributed by atoms with Crippen LogP contribution in [0, 0.1) is 6.92 Å². The Morgan fingerprint density at radius 2 is 1.70 bits per heavy atom.